The second-order valence-corrected chi connectivity index (χ2v) is 5.06. The van der Waals surface area contributed by atoms with Crippen molar-refractivity contribution in [3.63, 3.8) is 0 Å². The molecule has 0 saturated carbocycles. The van der Waals surface area contributed by atoms with Gasteiger partial charge in [-0.05, 0) is 20.3 Å². The van der Waals surface area contributed by atoms with Gasteiger partial charge in [-0.15, -0.1) is 0 Å². The minimum atomic E-state index is -0.0627. The lowest BCUT2D eigenvalue weighted by atomic mass is 9.97. The van der Waals surface area contributed by atoms with Gasteiger partial charge in [-0.2, -0.15) is 5.10 Å². The Morgan fingerprint density at radius 2 is 2.26 bits per heavy atom. The van der Waals surface area contributed by atoms with Crippen LogP contribution < -0.4 is 5.73 Å². The van der Waals surface area contributed by atoms with Gasteiger partial charge >= 0.3 is 0 Å². The Balaban J connectivity index is 1.87. The molecule has 0 amide bonds. The van der Waals surface area contributed by atoms with Crippen LogP contribution in [0.3, 0.4) is 0 Å². The second-order valence-electron chi connectivity index (χ2n) is 5.06. The van der Waals surface area contributed by atoms with E-state index in [1.807, 2.05) is 20.0 Å². The first kappa shape index (κ1) is 12.0. The highest BCUT2D eigenvalue weighted by Gasteiger charge is 2.28. The van der Waals surface area contributed by atoms with Crippen molar-refractivity contribution in [2.24, 2.45) is 5.92 Å². The quantitative estimate of drug-likeness (QED) is 0.834. The monoisotopic (exact) mass is 259 g/mol. The number of hydrogen-bond donors (Lipinski definition) is 1. The molecule has 0 saturated heterocycles. The molecular weight excluding hydrogens is 242 g/mol. The first-order chi connectivity index (χ1) is 9.08. The van der Waals surface area contributed by atoms with E-state index in [2.05, 4.69) is 14.6 Å². The van der Waals surface area contributed by atoms with Crippen LogP contribution in [0, 0.1) is 19.8 Å². The summed E-state index contributed by atoms with van der Waals surface area (Å²) < 4.78 is 3.55. The summed E-state index contributed by atoms with van der Waals surface area (Å²) in [6, 6.07) is 0. The van der Waals surface area contributed by atoms with Gasteiger partial charge in [0.05, 0.1) is 17.1 Å². The smallest absolute Gasteiger partial charge is 0.250 e. The van der Waals surface area contributed by atoms with Crippen molar-refractivity contribution in [1.82, 2.24) is 19.3 Å². The molecule has 2 aromatic heterocycles. The Labute approximate surface area is 111 Å². The molecule has 0 bridgehead atoms. The van der Waals surface area contributed by atoms with Crippen molar-refractivity contribution in [2.45, 2.75) is 33.2 Å². The van der Waals surface area contributed by atoms with Crippen molar-refractivity contribution in [1.29, 1.82) is 0 Å². The van der Waals surface area contributed by atoms with Crippen molar-refractivity contribution >= 4 is 11.6 Å². The average Bonchev–Trinajstić information content (AvgIpc) is 2.97. The van der Waals surface area contributed by atoms with E-state index in [1.54, 1.807) is 6.20 Å². The van der Waals surface area contributed by atoms with Crippen molar-refractivity contribution in [2.75, 3.05) is 5.73 Å². The maximum Gasteiger partial charge on any atom is 0.250 e. The number of carbonyl (C=O) groups is 1. The van der Waals surface area contributed by atoms with Crippen LogP contribution in [0.4, 0.5) is 5.69 Å². The summed E-state index contributed by atoms with van der Waals surface area (Å²) in [6.45, 7) is 4.48. The molecular formula is C13H17N5O. The highest BCUT2D eigenvalue weighted by Crippen LogP contribution is 2.23. The van der Waals surface area contributed by atoms with Gasteiger partial charge in [0.1, 0.15) is 5.82 Å². The fourth-order valence-electron chi connectivity index (χ4n) is 2.60. The number of aromatic nitrogens is 4. The molecule has 2 N–H and O–H groups in total. The molecule has 0 spiro atoms. The summed E-state index contributed by atoms with van der Waals surface area (Å²) in [4.78, 5) is 16.8. The van der Waals surface area contributed by atoms with Gasteiger partial charge in [-0.3, -0.25) is 4.79 Å². The number of carbonyl (C=O) groups excluding carboxylic acids is 1. The molecule has 0 aromatic carbocycles. The Morgan fingerprint density at radius 1 is 1.47 bits per heavy atom. The number of hydrogen-bond acceptors (Lipinski definition) is 4. The minimum Gasteiger partial charge on any atom is -0.396 e. The highest BCUT2D eigenvalue weighted by molar-refractivity contribution is 5.82. The van der Waals surface area contributed by atoms with E-state index in [0.717, 1.165) is 24.5 Å². The van der Waals surface area contributed by atoms with E-state index < -0.39 is 0 Å². The zero-order valence-electron chi connectivity index (χ0n) is 11.1. The van der Waals surface area contributed by atoms with Gasteiger partial charge in [0.15, 0.2) is 0 Å². The number of aryl methyl sites for hydroxylation is 2. The second kappa shape index (κ2) is 4.22. The summed E-state index contributed by atoms with van der Waals surface area (Å²) >= 11 is 0. The summed E-state index contributed by atoms with van der Waals surface area (Å²) in [7, 11) is 0. The van der Waals surface area contributed by atoms with Crippen LogP contribution >= 0.6 is 0 Å². The van der Waals surface area contributed by atoms with Crippen LogP contribution in [0.2, 0.25) is 0 Å². The van der Waals surface area contributed by atoms with Crippen molar-refractivity contribution < 1.29 is 4.79 Å². The lowest BCUT2D eigenvalue weighted by Gasteiger charge is -2.22. The number of imidazole rings is 1. The highest BCUT2D eigenvalue weighted by atomic mass is 16.2. The van der Waals surface area contributed by atoms with Crippen LogP contribution in [0.25, 0.3) is 0 Å². The molecule has 6 nitrogen and oxygen atoms in total. The normalized spacial score (nSPS) is 18.3. The third-order valence-corrected chi connectivity index (χ3v) is 3.85. The molecule has 1 unspecified atom stereocenters. The summed E-state index contributed by atoms with van der Waals surface area (Å²) in [6.07, 6.45) is 5.23. The number of anilines is 1. The molecule has 19 heavy (non-hydrogen) atoms. The van der Waals surface area contributed by atoms with Gasteiger partial charge in [0.2, 0.25) is 0 Å². The van der Waals surface area contributed by atoms with E-state index >= 15 is 0 Å². The number of rotatable bonds is 1. The third kappa shape index (κ3) is 1.83. The lowest BCUT2D eigenvalue weighted by Crippen LogP contribution is -2.30. The van der Waals surface area contributed by atoms with Crippen LogP contribution in [0.5, 0.6) is 0 Å². The Kier molecular flexibility index (Phi) is 2.66. The molecule has 3 rings (SSSR count). The molecule has 3 heterocycles. The molecule has 100 valence electrons. The third-order valence-electron chi connectivity index (χ3n) is 3.85. The molecule has 0 aliphatic carbocycles. The van der Waals surface area contributed by atoms with Gasteiger partial charge in [-0.1, -0.05) is 0 Å². The first-order valence-corrected chi connectivity index (χ1v) is 6.44. The topological polar surface area (TPSA) is 78.7 Å². The minimum absolute atomic E-state index is 0.0200. The van der Waals surface area contributed by atoms with Gasteiger partial charge in [0.25, 0.3) is 5.91 Å². The molecule has 2 aromatic rings. The SMILES string of the molecule is Cc1nn(C(=O)C2CCn3ccnc3C2)c(C)c1N. The van der Waals surface area contributed by atoms with E-state index in [-0.39, 0.29) is 11.8 Å². The van der Waals surface area contributed by atoms with Crippen LogP contribution in [0.1, 0.15) is 28.4 Å². The molecule has 6 heteroatoms. The summed E-state index contributed by atoms with van der Waals surface area (Å²) in [5.41, 5.74) is 7.92. The molecule has 0 fully saturated rings. The Hall–Kier alpha value is -2.11. The Bertz CT molecular complexity index is 639. The van der Waals surface area contributed by atoms with Gasteiger partial charge in [0, 0.05) is 31.3 Å². The number of nitrogens with zero attached hydrogens (tertiary/aromatic N) is 4. The first-order valence-electron chi connectivity index (χ1n) is 6.44. The van der Waals surface area contributed by atoms with Crippen LogP contribution in [0.15, 0.2) is 12.4 Å². The molecule has 1 atom stereocenters. The lowest BCUT2D eigenvalue weighted by molar-refractivity contribution is 0.0790. The standard InChI is InChI=1S/C13H17N5O/c1-8-12(14)9(2)18(16-8)13(19)10-3-5-17-6-4-15-11(17)7-10/h4,6,10H,3,5,7,14H2,1-2H3. The van der Waals surface area contributed by atoms with Gasteiger partial charge in [-0.25, -0.2) is 9.67 Å². The van der Waals surface area contributed by atoms with Gasteiger partial charge < -0.3 is 10.3 Å². The predicted molar refractivity (Wildman–Crippen MR) is 70.8 cm³/mol. The van der Waals surface area contributed by atoms with Crippen molar-refractivity contribution in [3.05, 3.63) is 29.6 Å². The van der Waals surface area contributed by atoms with E-state index in [9.17, 15) is 4.79 Å². The largest absolute Gasteiger partial charge is 0.396 e. The number of nitrogens with two attached hydrogens (primary N) is 1. The maximum atomic E-state index is 12.5. The number of nitrogen functional groups attached to an aromatic ring is 1. The summed E-state index contributed by atoms with van der Waals surface area (Å²) in [5, 5.41) is 4.24. The van der Waals surface area contributed by atoms with Crippen LogP contribution in [-0.4, -0.2) is 25.2 Å². The molecule has 1 aliphatic rings. The number of fused-ring (bicyclic) bond motifs is 1. The Morgan fingerprint density at radius 3 is 2.95 bits per heavy atom. The average molecular weight is 259 g/mol. The fourth-order valence-corrected chi connectivity index (χ4v) is 2.60. The van der Waals surface area contributed by atoms with E-state index in [0.29, 0.717) is 17.8 Å². The van der Waals surface area contributed by atoms with Crippen molar-refractivity contribution in [3.8, 4) is 0 Å². The van der Waals surface area contributed by atoms with E-state index in [1.165, 1.54) is 4.68 Å². The summed E-state index contributed by atoms with van der Waals surface area (Å²) in [5.74, 6) is 0.929. The zero-order valence-corrected chi connectivity index (χ0v) is 11.1. The predicted octanol–water partition coefficient (Wildman–Crippen LogP) is 1.18. The molecule has 1 aliphatic heterocycles. The van der Waals surface area contributed by atoms with E-state index in [4.69, 9.17) is 5.73 Å². The van der Waals surface area contributed by atoms with Crippen LogP contribution in [-0.2, 0) is 13.0 Å². The molecule has 0 radical (unpaired) electrons. The maximum absolute atomic E-state index is 12.5. The fraction of sp³-hybridized carbons (Fsp3) is 0.462. The zero-order chi connectivity index (χ0) is 13.6.